The molecular formula is C15H22N4. The second-order valence-electron chi connectivity index (χ2n) is 5.36. The number of nitrogens with one attached hydrogen (secondary N) is 1. The summed E-state index contributed by atoms with van der Waals surface area (Å²) >= 11 is 0. The van der Waals surface area contributed by atoms with Gasteiger partial charge in [-0.3, -0.25) is 0 Å². The van der Waals surface area contributed by atoms with Crippen LogP contribution >= 0.6 is 0 Å². The fraction of sp³-hybridized carbons (Fsp3) is 0.533. The van der Waals surface area contributed by atoms with Crippen molar-refractivity contribution in [2.75, 3.05) is 37.2 Å². The van der Waals surface area contributed by atoms with Crippen LogP contribution in [0.2, 0.25) is 0 Å². The lowest BCUT2D eigenvalue weighted by Gasteiger charge is -2.30. The minimum Gasteiger partial charge on any atom is -0.398 e. The minimum atomic E-state index is 0.538. The summed E-state index contributed by atoms with van der Waals surface area (Å²) in [5.74, 6) is 0.877. The number of rotatable bonds is 4. The third kappa shape index (κ3) is 3.87. The first-order valence-corrected chi connectivity index (χ1v) is 6.95. The molecule has 1 aromatic carbocycles. The molecule has 1 saturated heterocycles. The van der Waals surface area contributed by atoms with Crippen LogP contribution in [-0.2, 0) is 0 Å². The summed E-state index contributed by atoms with van der Waals surface area (Å²) in [5, 5.41) is 12.2. The lowest BCUT2D eigenvalue weighted by atomic mass is 9.99. The molecule has 102 valence electrons. The first-order chi connectivity index (χ1) is 9.19. The van der Waals surface area contributed by atoms with Crippen LogP contribution in [0, 0.1) is 17.2 Å². The second kappa shape index (κ2) is 6.44. The van der Waals surface area contributed by atoms with Crippen molar-refractivity contribution >= 4 is 11.4 Å². The van der Waals surface area contributed by atoms with E-state index < -0.39 is 0 Å². The standard InChI is InChI=1S/C15H22N4/c1-12-4-7-19(8-5-12)9-6-18-14-3-2-13(11-16)15(17)10-14/h2-3,10,12,18H,4-9,17H2,1H3. The number of nitriles is 1. The third-order valence-electron chi connectivity index (χ3n) is 3.81. The van der Waals surface area contributed by atoms with Gasteiger partial charge in [0, 0.05) is 18.8 Å². The summed E-state index contributed by atoms with van der Waals surface area (Å²) in [6.07, 6.45) is 2.62. The smallest absolute Gasteiger partial charge is 0.101 e. The van der Waals surface area contributed by atoms with E-state index in [0.717, 1.165) is 24.7 Å². The first kappa shape index (κ1) is 13.7. The van der Waals surface area contributed by atoms with E-state index in [1.807, 2.05) is 12.1 Å². The highest BCUT2D eigenvalue weighted by atomic mass is 15.1. The molecule has 0 spiro atoms. The quantitative estimate of drug-likeness (QED) is 0.813. The molecule has 1 fully saturated rings. The molecule has 1 heterocycles. The van der Waals surface area contributed by atoms with Crippen molar-refractivity contribution in [1.29, 1.82) is 5.26 Å². The van der Waals surface area contributed by atoms with E-state index in [2.05, 4.69) is 23.2 Å². The van der Waals surface area contributed by atoms with Crippen molar-refractivity contribution in [3.63, 3.8) is 0 Å². The Bertz CT molecular complexity index is 456. The molecule has 0 aliphatic carbocycles. The van der Waals surface area contributed by atoms with Gasteiger partial charge < -0.3 is 16.0 Å². The molecule has 0 amide bonds. The number of benzene rings is 1. The summed E-state index contributed by atoms with van der Waals surface area (Å²) in [5.41, 5.74) is 7.86. The Hall–Kier alpha value is -1.73. The van der Waals surface area contributed by atoms with Crippen LogP contribution in [0.4, 0.5) is 11.4 Å². The summed E-state index contributed by atoms with van der Waals surface area (Å²) in [6, 6.07) is 7.58. The molecule has 0 aromatic heterocycles. The molecule has 19 heavy (non-hydrogen) atoms. The van der Waals surface area contributed by atoms with Crippen LogP contribution in [0.3, 0.4) is 0 Å². The second-order valence-corrected chi connectivity index (χ2v) is 5.36. The average molecular weight is 258 g/mol. The van der Waals surface area contributed by atoms with E-state index in [-0.39, 0.29) is 0 Å². The van der Waals surface area contributed by atoms with Gasteiger partial charge in [0.15, 0.2) is 0 Å². The highest BCUT2D eigenvalue weighted by molar-refractivity contribution is 5.62. The van der Waals surface area contributed by atoms with Crippen LogP contribution in [-0.4, -0.2) is 31.1 Å². The fourth-order valence-corrected chi connectivity index (χ4v) is 2.42. The topological polar surface area (TPSA) is 65.1 Å². The third-order valence-corrected chi connectivity index (χ3v) is 3.81. The Morgan fingerprint density at radius 1 is 1.42 bits per heavy atom. The molecule has 2 rings (SSSR count). The SMILES string of the molecule is CC1CCN(CCNc2ccc(C#N)c(N)c2)CC1. The number of hydrogen-bond donors (Lipinski definition) is 2. The van der Waals surface area contributed by atoms with Gasteiger partial charge in [-0.15, -0.1) is 0 Å². The Morgan fingerprint density at radius 3 is 2.79 bits per heavy atom. The maximum Gasteiger partial charge on any atom is 0.101 e. The molecule has 1 aromatic rings. The Morgan fingerprint density at radius 2 is 2.16 bits per heavy atom. The molecule has 0 bridgehead atoms. The molecule has 4 nitrogen and oxygen atoms in total. The first-order valence-electron chi connectivity index (χ1n) is 6.95. The predicted molar refractivity (Wildman–Crippen MR) is 78.9 cm³/mol. The number of hydrogen-bond acceptors (Lipinski definition) is 4. The molecule has 0 unspecified atom stereocenters. The summed E-state index contributed by atoms with van der Waals surface area (Å²) < 4.78 is 0. The van der Waals surface area contributed by atoms with Crippen LogP contribution in [0.1, 0.15) is 25.3 Å². The van der Waals surface area contributed by atoms with Crippen molar-refractivity contribution in [3.05, 3.63) is 23.8 Å². The summed E-state index contributed by atoms with van der Waals surface area (Å²) in [6.45, 7) is 6.72. The molecular weight excluding hydrogens is 236 g/mol. The number of piperidine rings is 1. The van der Waals surface area contributed by atoms with Crippen molar-refractivity contribution in [3.8, 4) is 6.07 Å². The van der Waals surface area contributed by atoms with Crippen molar-refractivity contribution < 1.29 is 0 Å². The number of nitrogens with zero attached hydrogens (tertiary/aromatic N) is 2. The van der Waals surface area contributed by atoms with Gasteiger partial charge in [-0.2, -0.15) is 5.26 Å². The average Bonchev–Trinajstić information content (AvgIpc) is 2.41. The Kier molecular flexibility index (Phi) is 4.64. The monoisotopic (exact) mass is 258 g/mol. The zero-order chi connectivity index (χ0) is 13.7. The normalized spacial score (nSPS) is 17.1. The zero-order valence-electron chi connectivity index (χ0n) is 11.5. The van der Waals surface area contributed by atoms with Gasteiger partial charge in [-0.1, -0.05) is 6.92 Å². The van der Waals surface area contributed by atoms with Gasteiger partial charge in [-0.25, -0.2) is 0 Å². The number of likely N-dealkylation sites (tertiary alicyclic amines) is 1. The van der Waals surface area contributed by atoms with Gasteiger partial charge in [0.05, 0.1) is 11.3 Å². The number of anilines is 2. The van der Waals surface area contributed by atoms with Crippen molar-refractivity contribution in [1.82, 2.24) is 4.90 Å². The van der Waals surface area contributed by atoms with E-state index >= 15 is 0 Å². The van der Waals surface area contributed by atoms with Crippen LogP contribution in [0.5, 0.6) is 0 Å². The number of nitrogens with two attached hydrogens (primary N) is 1. The van der Waals surface area contributed by atoms with E-state index in [1.165, 1.54) is 25.9 Å². The molecule has 1 aliphatic rings. The van der Waals surface area contributed by atoms with Crippen LogP contribution in [0.15, 0.2) is 18.2 Å². The zero-order valence-corrected chi connectivity index (χ0v) is 11.5. The van der Waals surface area contributed by atoms with Gasteiger partial charge in [0.2, 0.25) is 0 Å². The van der Waals surface area contributed by atoms with Gasteiger partial charge in [0.25, 0.3) is 0 Å². The van der Waals surface area contributed by atoms with Crippen molar-refractivity contribution in [2.45, 2.75) is 19.8 Å². The summed E-state index contributed by atoms with van der Waals surface area (Å²) in [4.78, 5) is 2.50. The Balaban J connectivity index is 1.77. The highest BCUT2D eigenvalue weighted by Crippen LogP contribution is 2.18. The molecule has 3 N–H and O–H groups in total. The molecule has 4 heteroatoms. The Labute approximate surface area is 115 Å². The van der Waals surface area contributed by atoms with Crippen molar-refractivity contribution in [2.24, 2.45) is 5.92 Å². The predicted octanol–water partition coefficient (Wildman–Crippen LogP) is 2.28. The van der Waals surface area contributed by atoms with Gasteiger partial charge >= 0.3 is 0 Å². The lowest BCUT2D eigenvalue weighted by molar-refractivity contribution is 0.199. The maximum atomic E-state index is 8.82. The van der Waals surface area contributed by atoms with E-state index in [0.29, 0.717) is 11.3 Å². The molecule has 0 saturated carbocycles. The van der Waals surface area contributed by atoms with Crippen LogP contribution < -0.4 is 11.1 Å². The molecule has 0 radical (unpaired) electrons. The van der Waals surface area contributed by atoms with E-state index in [4.69, 9.17) is 11.0 Å². The van der Waals surface area contributed by atoms with Crippen LogP contribution in [0.25, 0.3) is 0 Å². The maximum absolute atomic E-state index is 8.82. The van der Waals surface area contributed by atoms with Gasteiger partial charge in [-0.05, 0) is 50.0 Å². The lowest BCUT2D eigenvalue weighted by Crippen LogP contribution is -2.36. The highest BCUT2D eigenvalue weighted by Gasteiger charge is 2.14. The molecule has 1 aliphatic heterocycles. The fourth-order valence-electron chi connectivity index (χ4n) is 2.42. The van der Waals surface area contributed by atoms with E-state index in [1.54, 1.807) is 6.07 Å². The largest absolute Gasteiger partial charge is 0.398 e. The van der Waals surface area contributed by atoms with E-state index in [9.17, 15) is 0 Å². The molecule has 0 atom stereocenters. The van der Waals surface area contributed by atoms with Gasteiger partial charge in [0.1, 0.15) is 6.07 Å². The minimum absolute atomic E-state index is 0.538. The summed E-state index contributed by atoms with van der Waals surface area (Å²) in [7, 11) is 0. The number of nitrogen functional groups attached to an aromatic ring is 1.